The number of aryl methyl sites for hydroxylation is 1. The topological polar surface area (TPSA) is 113 Å². The van der Waals surface area contributed by atoms with Gasteiger partial charge >= 0.3 is 0 Å². The van der Waals surface area contributed by atoms with Crippen molar-refractivity contribution >= 4 is 17.6 Å². The summed E-state index contributed by atoms with van der Waals surface area (Å²) in [5, 5.41) is 16.6. The van der Waals surface area contributed by atoms with Crippen LogP contribution in [0.2, 0.25) is 0 Å². The number of amides is 2. The third-order valence-corrected chi connectivity index (χ3v) is 4.48. The van der Waals surface area contributed by atoms with Crippen LogP contribution in [0.25, 0.3) is 0 Å². The molecule has 26 heavy (non-hydrogen) atoms. The van der Waals surface area contributed by atoms with E-state index < -0.39 is 0 Å². The highest BCUT2D eigenvalue weighted by atomic mass is 16.5. The van der Waals surface area contributed by atoms with E-state index >= 15 is 0 Å². The minimum atomic E-state index is -0.198. The second kappa shape index (κ2) is 7.72. The molecule has 8 heteroatoms. The Morgan fingerprint density at radius 3 is 2.73 bits per heavy atom. The Morgan fingerprint density at radius 1 is 1.31 bits per heavy atom. The number of carbonyl (C=O) groups excluding carboxylic acids is 2. The second-order valence-corrected chi connectivity index (χ2v) is 7.33. The highest BCUT2D eigenvalue weighted by Crippen LogP contribution is 2.43. The molecule has 1 aliphatic rings. The number of H-pyrrole nitrogens is 1. The largest absolute Gasteiger partial charge is 0.361 e. The van der Waals surface area contributed by atoms with E-state index in [9.17, 15) is 9.59 Å². The minimum absolute atomic E-state index is 0.115. The summed E-state index contributed by atoms with van der Waals surface area (Å²) in [6, 6.07) is 3.77. The summed E-state index contributed by atoms with van der Waals surface area (Å²) in [6.45, 7) is 5.74. The van der Waals surface area contributed by atoms with Crippen LogP contribution in [-0.4, -0.2) is 33.2 Å². The first-order valence-corrected chi connectivity index (χ1v) is 8.95. The molecule has 0 radical (unpaired) electrons. The van der Waals surface area contributed by atoms with Gasteiger partial charge in [0.2, 0.25) is 11.8 Å². The van der Waals surface area contributed by atoms with Gasteiger partial charge in [-0.15, -0.1) is 0 Å². The fourth-order valence-electron chi connectivity index (χ4n) is 3.25. The van der Waals surface area contributed by atoms with E-state index in [1.165, 1.54) is 0 Å². The molecule has 1 saturated carbocycles. The zero-order chi connectivity index (χ0) is 18.7. The lowest BCUT2D eigenvalue weighted by atomic mass is 9.71. The van der Waals surface area contributed by atoms with Gasteiger partial charge in [0.05, 0.1) is 12.1 Å². The van der Waals surface area contributed by atoms with Crippen LogP contribution in [0.1, 0.15) is 56.2 Å². The maximum absolute atomic E-state index is 12.0. The van der Waals surface area contributed by atoms with Gasteiger partial charge in [-0.05, 0) is 39.5 Å². The van der Waals surface area contributed by atoms with Crippen molar-refractivity contribution in [3.63, 3.8) is 0 Å². The van der Waals surface area contributed by atoms with E-state index in [-0.39, 0.29) is 24.3 Å². The summed E-state index contributed by atoms with van der Waals surface area (Å²) >= 11 is 0. The van der Waals surface area contributed by atoms with Gasteiger partial charge in [0, 0.05) is 36.2 Å². The van der Waals surface area contributed by atoms with Crippen molar-refractivity contribution in [2.75, 3.05) is 5.32 Å². The smallest absolute Gasteiger partial charge is 0.233 e. The number of nitrogens with zero attached hydrogens (tertiary/aromatic N) is 2. The van der Waals surface area contributed by atoms with Crippen molar-refractivity contribution in [1.29, 1.82) is 0 Å². The lowest BCUT2D eigenvalue weighted by molar-refractivity contribution is -0.123. The zero-order valence-corrected chi connectivity index (χ0v) is 15.3. The van der Waals surface area contributed by atoms with E-state index in [1.807, 2.05) is 26.8 Å². The third kappa shape index (κ3) is 4.71. The molecule has 0 saturated heterocycles. The van der Waals surface area contributed by atoms with Gasteiger partial charge in [0.15, 0.2) is 5.82 Å². The van der Waals surface area contributed by atoms with Crippen molar-refractivity contribution in [2.24, 2.45) is 5.92 Å². The van der Waals surface area contributed by atoms with E-state index in [2.05, 4.69) is 26.0 Å². The van der Waals surface area contributed by atoms with Gasteiger partial charge in [-0.3, -0.25) is 14.7 Å². The van der Waals surface area contributed by atoms with Gasteiger partial charge in [0.1, 0.15) is 5.76 Å². The average molecular weight is 359 g/mol. The Bertz CT molecular complexity index is 773. The molecule has 8 nitrogen and oxygen atoms in total. The van der Waals surface area contributed by atoms with Crippen LogP contribution < -0.4 is 10.6 Å². The molecule has 2 aromatic rings. The van der Waals surface area contributed by atoms with Crippen LogP contribution >= 0.6 is 0 Å². The standard InChI is InChI=1S/C18H25N5O3/c1-10(2)19-17(24)7-12-5-13(6-12)15-9-16(22-21-15)20-18(25)8-14-4-11(3)23-26-14/h4,9-10,12-13H,5-8H2,1-3H3,(H,19,24)(H2,20,21,22,25). The van der Waals surface area contributed by atoms with Gasteiger partial charge in [-0.1, -0.05) is 5.16 Å². The second-order valence-electron chi connectivity index (χ2n) is 7.33. The summed E-state index contributed by atoms with van der Waals surface area (Å²) in [4.78, 5) is 23.8. The molecule has 2 amide bonds. The molecular weight excluding hydrogens is 334 g/mol. The Hall–Kier alpha value is -2.64. The number of hydrogen-bond donors (Lipinski definition) is 3. The molecule has 0 bridgehead atoms. The first-order valence-electron chi connectivity index (χ1n) is 8.95. The van der Waals surface area contributed by atoms with E-state index in [4.69, 9.17) is 4.52 Å². The van der Waals surface area contributed by atoms with Crippen LogP contribution in [0.5, 0.6) is 0 Å². The fraction of sp³-hybridized carbons (Fsp3) is 0.556. The monoisotopic (exact) mass is 359 g/mol. The van der Waals surface area contributed by atoms with E-state index in [1.54, 1.807) is 6.07 Å². The summed E-state index contributed by atoms with van der Waals surface area (Å²) in [5.41, 5.74) is 1.74. The number of nitrogens with one attached hydrogen (secondary N) is 3. The highest BCUT2D eigenvalue weighted by Gasteiger charge is 2.33. The predicted molar refractivity (Wildman–Crippen MR) is 95.5 cm³/mol. The molecule has 0 atom stereocenters. The molecular formula is C18H25N5O3. The Balaban J connectivity index is 1.44. The number of rotatable bonds is 7. The first kappa shape index (κ1) is 18.2. The molecule has 0 unspecified atom stereocenters. The number of aromatic amines is 1. The fourth-order valence-corrected chi connectivity index (χ4v) is 3.25. The third-order valence-electron chi connectivity index (χ3n) is 4.48. The van der Waals surface area contributed by atoms with Gasteiger partial charge in [0.25, 0.3) is 0 Å². The van der Waals surface area contributed by atoms with Crippen molar-refractivity contribution in [3.8, 4) is 0 Å². The van der Waals surface area contributed by atoms with Gasteiger partial charge in [-0.25, -0.2) is 0 Å². The molecule has 0 aromatic carbocycles. The van der Waals surface area contributed by atoms with E-state index in [0.29, 0.717) is 29.8 Å². The van der Waals surface area contributed by atoms with E-state index in [0.717, 1.165) is 24.2 Å². The number of anilines is 1. The van der Waals surface area contributed by atoms with Gasteiger partial charge in [-0.2, -0.15) is 5.10 Å². The molecule has 140 valence electrons. The summed E-state index contributed by atoms with van der Waals surface area (Å²) in [5.74, 6) is 1.72. The summed E-state index contributed by atoms with van der Waals surface area (Å²) < 4.78 is 5.04. The molecule has 3 N–H and O–H groups in total. The summed E-state index contributed by atoms with van der Waals surface area (Å²) in [6.07, 6.45) is 2.61. The normalized spacial score (nSPS) is 19.2. The van der Waals surface area contributed by atoms with Crippen molar-refractivity contribution < 1.29 is 14.1 Å². The number of aromatic nitrogens is 3. The van der Waals surface area contributed by atoms with Crippen LogP contribution in [0.15, 0.2) is 16.7 Å². The Kier molecular flexibility index (Phi) is 5.39. The van der Waals surface area contributed by atoms with Crippen LogP contribution in [0.3, 0.4) is 0 Å². The van der Waals surface area contributed by atoms with Crippen molar-refractivity contribution in [1.82, 2.24) is 20.7 Å². The molecule has 2 heterocycles. The Labute approximate surface area is 152 Å². The maximum atomic E-state index is 12.0. The molecule has 0 aliphatic heterocycles. The SMILES string of the molecule is Cc1cc(CC(=O)Nc2cc(C3CC(CC(=O)NC(C)C)C3)[nH]n2)on1. The molecule has 1 aliphatic carbocycles. The maximum Gasteiger partial charge on any atom is 0.233 e. The van der Waals surface area contributed by atoms with Crippen LogP contribution in [-0.2, 0) is 16.0 Å². The lowest BCUT2D eigenvalue weighted by Crippen LogP contribution is -2.34. The highest BCUT2D eigenvalue weighted by molar-refractivity contribution is 5.91. The molecule has 1 fully saturated rings. The molecule has 2 aromatic heterocycles. The average Bonchev–Trinajstić information content (AvgIpc) is 3.11. The van der Waals surface area contributed by atoms with Crippen LogP contribution in [0.4, 0.5) is 5.82 Å². The predicted octanol–water partition coefficient (Wildman–Crippen LogP) is 2.30. The molecule has 3 rings (SSSR count). The first-order chi connectivity index (χ1) is 12.4. The lowest BCUT2D eigenvalue weighted by Gasteiger charge is -2.34. The van der Waals surface area contributed by atoms with Crippen LogP contribution in [0, 0.1) is 12.8 Å². The molecule has 0 spiro atoms. The minimum Gasteiger partial charge on any atom is -0.361 e. The number of hydrogen-bond acceptors (Lipinski definition) is 5. The van der Waals surface area contributed by atoms with Gasteiger partial charge < -0.3 is 15.2 Å². The Morgan fingerprint density at radius 2 is 2.08 bits per heavy atom. The quantitative estimate of drug-likeness (QED) is 0.702. The van der Waals surface area contributed by atoms with Crippen molar-refractivity contribution in [3.05, 3.63) is 29.3 Å². The van der Waals surface area contributed by atoms with Crippen molar-refractivity contribution in [2.45, 2.75) is 58.4 Å². The summed E-state index contributed by atoms with van der Waals surface area (Å²) in [7, 11) is 0. The number of carbonyl (C=O) groups is 2. The zero-order valence-electron chi connectivity index (χ0n) is 15.3.